The lowest BCUT2D eigenvalue weighted by atomic mass is 10.1. The Kier molecular flexibility index (Phi) is 5.08. The quantitative estimate of drug-likeness (QED) is 0.675. The maximum Gasteiger partial charge on any atom is 0.246 e. The van der Waals surface area contributed by atoms with Crippen LogP contribution >= 0.6 is 0 Å². The molecule has 10 heteroatoms. The first-order valence-corrected chi connectivity index (χ1v) is 10.3. The third-order valence-electron chi connectivity index (χ3n) is 3.93. The van der Waals surface area contributed by atoms with Crippen molar-refractivity contribution in [2.24, 2.45) is 0 Å². The summed E-state index contributed by atoms with van der Waals surface area (Å²) in [6.07, 6.45) is 1.94. The van der Waals surface area contributed by atoms with E-state index in [2.05, 4.69) is 20.6 Å². The SMILES string of the molecule is CS(=O)(=O)Cc1cc(N)nc(-c2ccc(NC(=O)C3CCC(=O)N3)cc2)n1. The Hall–Kier alpha value is -3.01. The molecule has 3 rings (SSSR count). The zero-order valence-corrected chi connectivity index (χ0v) is 15.4. The molecule has 142 valence electrons. The Morgan fingerprint density at radius 1 is 1.30 bits per heavy atom. The fourth-order valence-corrected chi connectivity index (χ4v) is 3.42. The third kappa shape index (κ3) is 5.00. The molecule has 1 aliphatic rings. The van der Waals surface area contributed by atoms with Gasteiger partial charge in [0.2, 0.25) is 11.8 Å². The molecule has 1 atom stereocenters. The van der Waals surface area contributed by atoms with Gasteiger partial charge in [0, 0.05) is 30.0 Å². The van der Waals surface area contributed by atoms with Crippen LogP contribution < -0.4 is 16.4 Å². The first kappa shape index (κ1) is 18.8. The minimum Gasteiger partial charge on any atom is -0.384 e. The van der Waals surface area contributed by atoms with Gasteiger partial charge in [-0.3, -0.25) is 9.59 Å². The Labute approximate surface area is 156 Å². The first-order valence-electron chi connectivity index (χ1n) is 8.21. The van der Waals surface area contributed by atoms with Crippen molar-refractivity contribution in [3.8, 4) is 11.4 Å². The van der Waals surface area contributed by atoms with Crippen LogP contribution in [0.2, 0.25) is 0 Å². The number of nitrogens with one attached hydrogen (secondary N) is 2. The van der Waals surface area contributed by atoms with Gasteiger partial charge in [0.25, 0.3) is 0 Å². The number of sulfone groups is 1. The first-order chi connectivity index (χ1) is 12.7. The van der Waals surface area contributed by atoms with E-state index in [-0.39, 0.29) is 23.4 Å². The maximum absolute atomic E-state index is 12.1. The Bertz CT molecular complexity index is 989. The average molecular weight is 389 g/mol. The predicted octanol–water partition coefficient (Wildman–Crippen LogP) is 0.488. The van der Waals surface area contributed by atoms with Gasteiger partial charge in [-0.15, -0.1) is 0 Å². The van der Waals surface area contributed by atoms with Crippen molar-refractivity contribution in [2.75, 3.05) is 17.3 Å². The van der Waals surface area contributed by atoms with Crippen molar-refractivity contribution >= 4 is 33.2 Å². The summed E-state index contributed by atoms with van der Waals surface area (Å²) in [6, 6.07) is 7.64. The molecule has 1 aromatic carbocycles. The van der Waals surface area contributed by atoms with E-state index in [0.717, 1.165) is 6.26 Å². The number of hydrogen-bond acceptors (Lipinski definition) is 7. The van der Waals surface area contributed by atoms with Gasteiger partial charge < -0.3 is 16.4 Å². The number of carbonyl (C=O) groups excluding carboxylic acids is 2. The number of hydrogen-bond donors (Lipinski definition) is 3. The van der Waals surface area contributed by atoms with Crippen LogP contribution in [0, 0.1) is 0 Å². The van der Waals surface area contributed by atoms with E-state index < -0.39 is 15.9 Å². The monoisotopic (exact) mass is 389 g/mol. The summed E-state index contributed by atoms with van der Waals surface area (Å²) in [7, 11) is -3.25. The van der Waals surface area contributed by atoms with Crippen LogP contribution in [-0.4, -0.2) is 42.5 Å². The highest BCUT2D eigenvalue weighted by Crippen LogP contribution is 2.21. The molecule has 27 heavy (non-hydrogen) atoms. The fraction of sp³-hybridized carbons (Fsp3) is 0.294. The topological polar surface area (TPSA) is 144 Å². The van der Waals surface area contributed by atoms with Gasteiger partial charge in [-0.2, -0.15) is 0 Å². The lowest BCUT2D eigenvalue weighted by Crippen LogP contribution is -2.37. The van der Waals surface area contributed by atoms with Crippen molar-refractivity contribution in [3.63, 3.8) is 0 Å². The second-order valence-electron chi connectivity index (χ2n) is 6.40. The fourth-order valence-electron chi connectivity index (χ4n) is 2.73. The molecule has 2 heterocycles. The van der Waals surface area contributed by atoms with Crippen LogP contribution in [-0.2, 0) is 25.2 Å². The van der Waals surface area contributed by atoms with Gasteiger partial charge in [-0.05, 0) is 30.7 Å². The number of anilines is 2. The van der Waals surface area contributed by atoms with Gasteiger partial charge in [-0.1, -0.05) is 0 Å². The molecule has 2 aromatic rings. The van der Waals surface area contributed by atoms with Crippen molar-refractivity contribution in [3.05, 3.63) is 36.0 Å². The second-order valence-corrected chi connectivity index (χ2v) is 8.54. The Balaban J connectivity index is 1.75. The molecule has 0 spiro atoms. The summed E-state index contributed by atoms with van der Waals surface area (Å²) in [5.41, 5.74) is 7.26. The van der Waals surface area contributed by atoms with Gasteiger partial charge in [-0.25, -0.2) is 18.4 Å². The molecular weight excluding hydrogens is 370 g/mol. The van der Waals surface area contributed by atoms with E-state index in [0.29, 0.717) is 35.6 Å². The average Bonchev–Trinajstić information content (AvgIpc) is 3.00. The summed E-state index contributed by atoms with van der Waals surface area (Å²) in [5.74, 6) is -0.158. The van der Waals surface area contributed by atoms with Crippen molar-refractivity contribution in [1.82, 2.24) is 15.3 Å². The number of amides is 2. The summed E-state index contributed by atoms with van der Waals surface area (Å²) < 4.78 is 22.9. The number of aromatic nitrogens is 2. The molecule has 1 aliphatic heterocycles. The summed E-state index contributed by atoms with van der Waals surface area (Å²) in [5, 5.41) is 5.35. The van der Waals surface area contributed by atoms with Gasteiger partial charge in [0.1, 0.15) is 11.9 Å². The van der Waals surface area contributed by atoms with Crippen molar-refractivity contribution in [2.45, 2.75) is 24.6 Å². The van der Waals surface area contributed by atoms with Gasteiger partial charge >= 0.3 is 0 Å². The van der Waals surface area contributed by atoms with Crippen LogP contribution in [0.5, 0.6) is 0 Å². The number of carbonyl (C=O) groups is 2. The van der Waals surface area contributed by atoms with Gasteiger partial charge in [0.05, 0.1) is 11.4 Å². The van der Waals surface area contributed by atoms with E-state index >= 15 is 0 Å². The summed E-state index contributed by atoms with van der Waals surface area (Å²) in [6.45, 7) is 0. The molecule has 0 bridgehead atoms. The Morgan fingerprint density at radius 3 is 2.59 bits per heavy atom. The summed E-state index contributed by atoms with van der Waals surface area (Å²) in [4.78, 5) is 31.7. The highest BCUT2D eigenvalue weighted by molar-refractivity contribution is 7.89. The summed E-state index contributed by atoms with van der Waals surface area (Å²) >= 11 is 0. The number of nitrogens with zero attached hydrogens (tertiary/aromatic N) is 2. The molecular formula is C17H19N5O4S. The van der Waals surface area contributed by atoms with Crippen molar-refractivity contribution in [1.29, 1.82) is 0 Å². The molecule has 2 amide bonds. The van der Waals surface area contributed by atoms with Crippen LogP contribution in [0.4, 0.5) is 11.5 Å². The lowest BCUT2D eigenvalue weighted by Gasteiger charge is -2.11. The molecule has 0 saturated carbocycles. The molecule has 1 aromatic heterocycles. The molecule has 9 nitrogen and oxygen atoms in total. The van der Waals surface area contributed by atoms with E-state index in [1.165, 1.54) is 6.07 Å². The molecule has 1 saturated heterocycles. The predicted molar refractivity (Wildman–Crippen MR) is 100 cm³/mol. The van der Waals surface area contributed by atoms with E-state index in [1.807, 2.05) is 0 Å². The zero-order chi connectivity index (χ0) is 19.6. The molecule has 1 fully saturated rings. The number of nitrogen functional groups attached to an aromatic ring is 1. The standard InChI is InChI=1S/C17H19N5O4S/c1-27(25,26)9-12-8-14(18)22-16(19-12)10-2-4-11(5-3-10)20-17(24)13-6-7-15(23)21-13/h2-5,8,13H,6-7,9H2,1H3,(H,20,24)(H,21,23)(H2,18,19,22). The number of nitrogens with two attached hydrogens (primary N) is 1. The van der Waals surface area contributed by atoms with Crippen LogP contribution in [0.1, 0.15) is 18.5 Å². The van der Waals surface area contributed by atoms with Crippen LogP contribution in [0.3, 0.4) is 0 Å². The van der Waals surface area contributed by atoms with Crippen molar-refractivity contribution < 1.29 is 18.0 Å². The normalized spacial score (nSPS) is 16.8. The zero-order valence-electron chi connectivity index (χ0n) is 14.6. The van der Waals surface area contributed by atoms with E-state index in [9.17, 15) is 18.0 Å². The smallest absolute Gasteiger partial charge is 0.246 e. The molecule has 4 N–H and O–H groups in total. The largest absolute Gasteiger partial charge is 0.384 e. The second kappa shape index (κ2) is 7.31. The third-order valence-corrected chi connectivity index (χ3v) is 4.75. The van der Waals surface area contributed by atoms with Crippen LogP contribution in [0.25, 0.3) is 11.4 Å². The van der Waals surface area contributed by atoms with Crippen LogP contribution in [0.15, 0.2) is 30.3 Å². The number of rotatable bonds is 5. The highest BCUT2D eigenvalue weighted by Gasteiger charge is 2.27. The highest BCUT2D eigenvalue weighted by atomic mass is 32.2. The Morgan fingerprint density at radius 2 is 2.00 bits per heavy atom. The van der Waals surface area contributed by atoms with Gasteiger partial charge in [0.15, 0.2) is 15.7 Å². The maximum atomic E-state index is 12.1. The van der Waals surface area contributed by atoms with E-state index in [1.54, 1.807) is 24.3 Å². The lowest BCUT2D eigenvalue weighted by molar-refractivity contribution is -0.122. The molecule has 0 aliphatic carbocycles. The minimum atomic E-state index is -3.25. The number of benzene rings is 1. The van der Waals surface area contributed by atoms with E-state index in [4.69, 9.17) is 5.73 Å². The minimum absolute atomic E-state index is 0.130. The molecule has 0 radical (unpaired) electrons. The molecule has 1 unspecified atom stereocenters.